The van der Waals surface area contributed by atoms with Crippen LogP contribution in [0.25, 0.3) is 0 Å². The molecule has 0 unspecified atom stereocenters. The minimum absolute atomic E-state index is 0.0620. The minimum Gasteiger partial charge on any atom is -0.497 e. The van der Waals surface area contributed by atoms with Gasteiger partial charge in [0.1, 0.15) is 11.8 Å². The van der Waals surface area contributed by atoms with Crippen molar-refractivity contribution in [2.45, 2.75) is 37.8 Å². The van der Waals surface area contributed by atoms with Gasteiger partial charge in [0, 0.05) is 35.2 Å². The first-order chi connectivity index (χ1) is 13.9. The van der Waals surface area contributed by atoms with E-state index in [-0.39, 0.29) is 11.8 Å². The molecule has 0 aromatic heterocycles. The highest BCUT2D eigenvalue weighted by Crippen LogP contribution is 2.22. The highest BCUT2D eigenvalue weighted by atomic mass is 35.5. The van der Waals surface area contributed by atoms with Crippen LogP contribution in [0, 0.1) is 0 Å². The van der Waals surface area contributed by atoms with Gasteiger partial charge in [-0.2, -0.15) is 0 Å². The van der Waals surface area contributed by atoms with Gasteiger partial charge in [-0.15, -0.1) is 11.8 Å². The average Bonchev–Trinajstić information content (AvgIpc) is 2.73. The predicted octanol–water partition coefficient (Wildman–Crippen LogP) is 4.38. The molecule has 2 aromatic carbocycles. The molecular weight excluding hydrogens is 408 g/mol. The third-order valence-corrected chi connectivity index (χ3v) is 5.67. The maximum absolute atomic E-state index is 13.0. The Morgan fingerprint density at radius 1 is 1.21 bits per heavy atom. The van der Waals surface area contributed by atoms with Crippen molar-refractivity contribution >= 4 is 35.2 Å². The molecule has 0 radical (unpaired) electrons. The molecule has 1 atom stereocenters. The molecule has 29 heavy (non-hydrogen) atoms. The maximum Gasteiger partial charge on any atom is 0.242 e. The van der Waals surface area contributed by atoms with Gasteiger partial charge in [-0.1, -0.05) is 23.7 Å². The van der Waals surface area contributed by atoms with E-state index < -0.39 is 6.04 Å². The zero-order valence-electron chi connectivity index (χ0n) is 17.0. The van der Waals surface area contributed by atoms with Crippen LogP contribution < -0.4 is 10.1 Å². The largest absolute Gasteiger partial charge is 0.497 e. The molecule has 0 spiro atoms. The number of carbonyl (C=O) groups excluding carboxylic acids is 2. The lowest BCUT2D eigenvalue weighted by atomic mass is 10.1. The van der Waals surface area contributed by atoms with E-state index >= 15 is 0 Å². The number of carbonyl (C=O) groups is 2. The molecule has 0 saturated heterocycles. The highest BCUT2D eigenvalue weighted by Gasteiger charge is 2.25. The van der Waals surface area contributed by atoms with Crippen LogP contribution in [0.15, 0.2) is 53.4 Å². The fourth-order valence-electron chi connectivity index (χ4n) is 2.80. The number of nitrogens with zero attached hydrogens (tertiary/aromatic N) is 1. The molecule has 2 aromatic rings. The summed E-state index contributed by atoms with van der Waals surface area (Å²) in [6.07, 6.45) is 0.334. The van der Waals surface area contributed by atoms with Crippen LogP contribution >= 0.6 is 23.4 Å². The van der Waals surface area contributed by atoms with Crippen molar-refractivity contribution in [3.63, 3.8) is 0 Å². The number of amides is 2. The molecule has 156 valence electrons. The van der Waals surface area contributed by atoms with E-state index in [2.05, 4.69) is 5.32 Å². The van der Waals surface area contributed by atoms with Gasteiger partial charge in [-0.25, -0.2) is 0 Å². The fourth-order valence-corrected chi connectivity index (χ4v) is 3.77. The van der Waals surface area contributed by atoms with E-state index in [4.69, 9.17) is 16.3 Å². The zero-order valence-corrected chi connectivity index (χ0v) is 18.6. The van der Waals surface area contributed by atoms with E-state index in [1.165, 1.54) is 0 Å². The molecule has 0 heterocycles. The van der Waals surface area contributed by atoms with Crippen LogP contribution in [0.2, 0.25) is 5.02 Å². The molecule has 7 heteroatoms. The van der Waals surface area contributed by atoms with Crippen molar-refractivity contribution in [3.05, 3.63) is 59.1 Å². The molecule has 0 saturated carbocycles. The number of rotatable bonds is 10. The molecule has 0 aliphatic carbocycles. The highest BCUT2D eigenvalue weighted by molar-refractivity contribution is 7.99. The number of nitrogens with one attached hydrogen (secondary N) is 1. The van der Waals surface area contributed by atoms with Crippen LogP contribution in [-0.4, -0.2) is 42.2 Å². The molecule has 2 amide bonds. The first-order valence-corrected chi connectivity index (χ1v) is 10.9. The van der Waals surface area contributed by atoms with Crippen LogP contribution in [0.1, 0.15) is 25.8 Å². The summed E-state index contributed by atoms with van der Waals surface area (Å²) >= 11 is 7.50. The summed E-state index contributed by atoms with van der Waals surface area (Å²) in [6, 6.07) is 14.5. The van der Waals surface area contributed by atoms with E-state index in [0.717, 1.165) is 16.2 Å². The Kier molecular flexibility index (Phi) is 9.35. The number of halogens is 1. The average molecular weight is 435 g/mol. The van der Waals surface area contributed by atoms with Crippen molar-refractivity contribution in [2.24, 2.45) is 0 Å². The first kappa shape index (κ1) is 23.1. The van der Waals surface area contributed by atoms with Gasteiger partial charge in [-0.3, -0.25) is 9.59 Å². The summed E-state index contributed by atoms with van der Waals surface area (Å²) in [5.74, 6) is 1.12. The molecule has 2 rings (SSSR count). The molecule has 0 bridgehead atoms. The van der Waals surface area contributed by atoms with Crippen molar-refractivity contribution in [3.8, 4) is 5.75 Å². The summed E-state index contributed by atoms with van der Waals surface area (Å²) in [5, 5.41) is 3.49. The summed E-state index contributed by atoms with van der Waals surface area (Å²) < 4.78 is 5.27. The second-order valence-electron chi connectivity index (χ2n) is 6.50. The predicted molar refractivity (Wildman–Crippen MR) is 118 cm³/mol. The van der Waals surface area contributed by atoms with E-state index in [1.807, 2.05) is 55.5 Å². The van der Waals surface area contributed by atoms with E-state index in [0.29, 0.717) is 30.3 Å². The molecule has 0 fully saturated rings. The molecule has 5 nitrogen and oxygen atoms in total. The third kappa shape index (κ3) is 7.29. The number of benzene rings is 2. The van der Waals surface area contributed by atoms with Crippen LogP contribution in [0.3, 0.4) is 0 Å². The monoisotopic (exact) mass is 434 g/mol. The summed E-state index contributed by atoms with van der Waals surface area (Å²) in [5.41, 5.74) is 0.916. The van der Waals surface area contributed by atoms with E-state index in [9.17, 15) is 9.59 Å². The van der Waals surface area contributed by atoms with Crippen molar-refractivity contribution < 1.29 is 14.3 Å². The van der Waals surface area contributed by atoms with Crippen molar-refractivity contribution in [1.29, 1.82) is 0 Å². The number of thioether (sulfide) groups is 1. The SMILES string of the molecule is CCNC(=O)[C@@H](C)N(Cc1cccc(OC)c1)C(=O)CCSc1ccc(Cl)cc1. The Balaban J connectivity index is 2.06. The summed E-state index contributed by atoms with van der Waals surface area (Å²) in [6.45, 7) is 4.49. The lowest BCUT2D eigenvalue weighted by Crippen LogP contribution is -2.47. The Hall–Kier alpha value is -2.18. The number of hydrogen-bond donors (Lipinski definition) is 1. The summed E-state index contributed by atoms with van der Waals surface area (Å²) in [7, 11) is 1.60. The Morgan fingerprint density at radius 3 is 2.59 bits per heavy atom. The maximum atomic E-state index is 13.0. The number of methoxy groups -OCH3 is 1. The van der Waals surface area contributed by atoms with Crippen molar-refractivity contribution in [2.75, 3.05) is 19.4 Å². The third-order valence-electron chi connectivity index (χ3n) is 4.40. The first-order valence-electron chi connectivity index (χ1n) is 9.53. The van der Waals surface area contributed by atoms with Gasteiger partial charge in [-0.05, 0) is 55.8 Å². The van der Waals surface area contributed by atoms with E-state index in [1.54, 1.807) is 30.7 Å². The molecular formula is C22H27ClN2O3S. The zero-order chi connectivity index (χ0) is 21.2. The smallest absolute Gasteiger partial charge is 0.242 e. The number of hydrogen-bond acceptors (Lipinski definition) is 4. The Morgan fingerprint density at radius 2 is 1.93 bits per heavy atom. The van der Waals surface area contributed by atoms with Gasteiger partial charge in [0.2, 0.25) is 11.8 Å². The molecule has 1 N–H and O–H groups in total. The van der Waals surface area contributed by atoms with Crippen molar-refractivity contribution in [1.82, 2.24) is 10.2 Å². The fraction of sp³-hybridized carbons (Fsp3) is 0.364. The van der Waals surface area contributed by atoms with Gasteiger partial charge in [0.15, 0.2) is 0 Å². The second kappa shape index (κ2) is 11.7. The standard InChI is InChI=1S/C22H27ClN2O3S/c1-4-24-22(27)16(2)25(15-17-6-5-7-19(14-17)28-3)21(26)12-13-29-20-10-8-18(23)9-11-20/h5-11,14,16H,4,12-13,15H2,1-3H3,(H,24,27)/t16-/m1/s1. The van der Waals surface area contributed by atoms with Gasteiger partial charge >= 0.3 is 0 Å². The van der Waals surface area contributed by atoms with Gasteiger partial charge in [0.05, 0.1) is 7.11 Å². The summed E-state index contributed by atoms with van der Waals surface area (Å²) in [4.78, 5) is 28.0. The normalized spacial score (nSPS) is 11.6. The lowest BCUT2D eigenvalue weighted by molar-refractivity contribution is -0.140. The quantitative estimate of drug-likeness (QED) is 0.563. The number of ether oxygens (including phenoxy) is 1. The number of likely N-dealkylation sites (N-methyl/N-ethyl adjacent to an activating group) is 1. The Labute approximate surface area is 181 Å². The van der Waals surface area contributed by atoms with Crippen LogP contribution in [-0.2, 0) is 16.1 Å². The molecule has 0 aliphatic heterocycles. The van der Waals surface area contributed by atoms with Crippen LogP contribution in [0.4, 0.5) is 0 Å². The minimum atomic E-state index is -0.561. The van der Waals surface area contributed by atoms with Gasteiger partial charge < -0.3 is 15.0 Å². The lowest BCUT2D eigenvalue weighted by Gasteiger charge is -2.29. The topological polar surface area (TPSA) is 58.6 Å². The second-order valence-corrected chi connectivity index (χ2v) is 8.10. The Bertz CT molecular complexity index is 814. The van der Waals surface area contributed by atoms with Gasteiger partial charge in [0.25, 0.3) is 0 Å². The van der Waals surface area contributed by atoms with Crippen LogP contribution in [0.5, 0.6) is 5.75 Å². The molecule has 0 aliphatic rings.